The Morgan fingerprint density at radius 3 is 2.61 bits per heavy atom. The van der Waals surface area contributed by atoms with Crippen LogP contribution in [0.3, 0.4) is 0 Å². The number of benzene rings is 3. The van der Waals surface area contributed by atoms with Crippen LogP contribution in [0.4, 0.5) is 4.39 Å². The van der Waals surface area contributed by atoms with E-state index in [0.29, 0.717) is 6.54 Å². The minimum absolute atomic E-state index is 0.114. The van der Waals surface area contributed by atoms with Crippen LogP contribution in [0.5, 0.6) is 0 Å². The first kappa shape index (κ1) is 22.7. The molecule has 180 valence electrons. The van der Waals surface area contributed by atoms with Gasteiger partial charge in [-0.3, -0.25) is 4.79 Å². The third-order valence-electron chi connectivity index (χ3n) is 7.32. The van der Waals surface area contributed by atoms with Crippen molar-refractivity contribution in [3.05, 3.63) is 118 Å². The number of hydrogen-bond donors (Lipinski definition) is 0. The van der Waals surface area contributed by atoms with Crippen molar-refractivity contribution in [2.45, 2.75) is 25.2 Å². The molecule has 36 heavy (non-hydrogen) atoms. The number of aromatic nitrogens is 2. The van der Waals surface area contributed by atoms with Crippen molar-refractivity contribution in [2.75, 3.05) is 13.1 Å². The van der Waals surface area contributed by atoms with Gasteiger partial charge < -0.3 is 4.90 Å². The van der Waals surface area contributed by atoms with Crippen LogP contribution in [0.1, 0.15) is 32.8 Å². The minimum atomic E-state index is -0.264. The number of amides is 1. The smallest absolute Gasteiger partial charge is 0.263 e. The summed E-state index contributed by atoms with van der Waals surface area (Å²) in [4.78, 5) is 16.1. The summed E-state index contributed by atoms with van der Waals surface area (Å²) in [6.07, 6.45) is 3.64. The van der Waals surface area contributed by atoms with Gasteiger partial charge >= 0.3 is 0 Å². The lowest BCUT2D eigenvalue weighted by Crippen LogP contribution is -2.36. The van der Waals surface area contributed by atoms with Crippen molar-refractivity contribution in [3.8, 4) is 5.69 Å². The number of halogens is 1. The highest BCUT2D eigenvalue weighted by atomic mass is 32.1. The Morgan fingerprint density at radius 1 is 1.06 bits per heavy atom. The number of carbonyl (C=O) groups is 1. The van der Waals surface area contributed by atoms with E-state index in [1.165, 1.54) is 40.2 Å². The van der Waals surface area contributed by atoms with Gasteiger partial charge in [0, 0.05) is 23.9 Å². The van der Waals surface area contributed by atoms with Crippen LogP contribution in [-0.4, -0.2) is 33.7 Å². The molecule has 0 radical (unpaired) electrons. The third kappa shape index (κ3) is 4.01. The topological polar surface area (TPSA) is 38.1 Å². The molecule has 4 nitrogen and oxygen atoms in total. The van der Waals surface area contributed by atoms with E-state index in [1.54, 1.807) is 12.1 Å². The molecule has 0 bridgehead atoms. The molecule has 6 rings (SSSR count). The van der Waals surface area contributed by atoms with Crippen LogP contribution in [0.2, 0.25) is 0 Å². The maximum atomic E-state index is 13.5. The third-order valence-corrected chi connectivity index (χ3v) is 8.17. The molecule has 6 heteroatoms. The van der Waals surface area contributed by atoms with Crippen LogP contribution < -0.4 is 0 Å². The first-order valence-corrected chi connectivity index (χ1v) is 13.0. The second-order valence-corrected chi connectivity index (χ2v) is 10.6. The van der Waals surface area contributed by atoms with Crippen molar-refractivity contribution >= 4 is 28.1 Å². The van der Waals surface area contributed by atoms with Gasteiger partial charge in [0.15, 0.2) is 0 Å². The molecule has 3 aromatic carbocycles. The SMILES string of the molecule is Cc1cc2c(cnn2-c2ccc(F)cc2)cc1C1(Cc2ccccc2)CCN(C(=O)c2cccs2)C1. The van der Waals surface area contributed by atoms with E-state index >= 15 is 0 Å². The molecule has 3 heterocycles. The summed E-state index contributed by atoms with van der Waals surface area (Å²) >= 11 is 1.50. The Balaban J connectivity index is 1.42. The maximum Gasteiger partial charge on any atom is 0.263 e. The number of aryl methyl sites for hydroxylation is 1. The number of nitrogens with zero attached hydrogens (tertiary/aromatic N) is 3. The number of hydrogen-bond acceptors (Lipinski definition) is 3. The normalized spacial score (nSPS) is 17.7. The van der Waals surface area contributed by atoms with Crippen LogP contribution in [-0.2, 0) is 11.8 Å². The molecule has 1 amide bonds. The highest BCUT2D eigenvalue weighted by Gasteiger charge is 2.42. The summed E-state index contributed by atoms with van der Waals surface area (Å²) in [5.41, 5.74) is 5.33. The highest BCUT2D eigenvalue weighted by Crippen LogP contribution is 2.41. The van der Waals surface area contributed by atoms with Gasteiger partial charge in [-0.15, -0.1) is 11.3 Å². The highest BCUT2D eigenvalue weighted by molar-refractivity contribution is 7.12. The zero-order valence-corrected chi connectivity index (χ0v) is 20.8. The molecule has 2 aromatic heterocycles. The first-order chi connectivity index (χ1) is 17.5. The molecule has 1 unspecified atom stereocenters. The second kappa shape index (κ2) is 9.03. The Kier molecular flexibility index (Phi) is 5.69. The lowest BCUT2D eigenvalue weighted by atomic mass is 9.73. The van der Waals surface area contributed by atoms with Crippen molar-refractivity contribution < 1.29 is 9.18 Å². The number of fused-ring (bicyclic) bond motifs is 1. The lowest BCUT2D eigenvalue weighted by molar-refractivity contribution is 0.0788. The van der Waals surface area contributed by atoms with E-state index in [4.69, 9.17) is 0 Å². The first-order valence-electron chi connectivity index (χ1n) is 12.1. The molecule has 1 aliphatic heterocycles. The number of likely N-dealkylation sites (tertiary alicyclic amines) is 1. The molecular weight excluding hydrogens is 469 g/mol. The zero-order chi connectivity index (χ0) is 24.7. The van der Waals surface area contributed by atoms with E-state index in [1.807, 2.05) is 39.4 Å². The molecule has 5 aromatic rings. The van der Waals surface area contributed by atoms with Gasteiger partial charge in [0.25, 0.3) is 5.91 Å². The van der Waals surface area contributed by atoms with Gasteiger partial charge in [-0.1, -0.05) is 36.4 Å². The van der Waals surface area contributed by atoms with Crippen LogP contribution in [0, 0.1) is 12.7 Å². The van der Waals surface area contributed by atoms with Crippen LogP contribution in [0.15, 0.2) is 90.4 Å². The Morgan fingerprint density at radius 2 is 1.86 bits per heavy atom. The lowest BCUT2D eigenvalue weighted by Gasteiger charge is -2.32. The molecule has 1 saturated heterocycles. The standard InChI is InChI=1S/C30H26FN3OS/c1-21-16-27-23(19-32-34(27)25-11-9-24(31)10-12-25)17-26(21)30(18-22-6-3-2-4-7-22)13-14-33(20-30)29(35)28-8-5-15-36-28/h2-12,15-17,19H,13-14,18,20H2,1H3. The predicted octanol–water partition coefficient (Wildman–Crippen LogP) is 6.56. The van der Waals surface area contributed by atoms with E-state index in [2.05, 4.69) is 48.4 Å². The Labute approximate surface area is 213 Å². The fraction of sp³-hybridized carbons (Fsp3) is 0.200. The summed E-state index contributed by atoms with van der Waals surface area (Å²) in [6.45, 7) is 3.56. The molecular formula is C30H26FN3OS. The molecule has 0 spiro atoms. The molecule has 1 aliphatic rings. The van der Waals surface area contributed by atoms with Crippen molar-refractivity contribution in [3.63, 3.8) is 0 Å². The number of rotatable bonds is 5. The molecule has 0 N–H and O–H groups in total. The van der Waals surface area contributed by atoms with E-state index in [-0.39, 0.29) is 17.1 Å². The van der Waals surface area contributed by atoms with Crippen LogP contribution >= 0.6 is 11.3 Å². The van der Waals surface area contributed by atoms with E-state index < -0.39 is 0 Å². The van der Waals surface area contributed by atoms with Gasteiger partial charge in [-0.05, 0) is 84.3 Å². The van der Waals surface area contributed by atoms with Crippen molar-refractivity contribution in [1.29, 1.82) is 0 Å². The summed E-state index contributed by atoms with van der Waals surface area (Å²) < 4.78 is 15.3. The Bertz CT molecular complexity index is 1530. The summed E-state index contributed by atoms with van der Waals surface area (Å²) in [5, 5.41) is 7.61. The quantitative estimate of drug-likeness (QED) is 0.277. The molecule has 1 fully saturated rings. The predicted molar refractivity (Wildman–Crippen MR) is 142 cm³/mol. The van der Waals surface area contributed by atoms with Gasteiger partial charge in [-0.25, -0.2) is 9.07 Å². The fourth-order valence-corrected chi connectivity index (χ4v) is 6.28. The summed E-state index contributed by atoms with van der Waals surface area (Å²) in [6, 6.07) is 25.2. The fourth-order valence-electron chi connectivity index (χ4n) is 5.59. The van der Waals surface area contributed by atoms with E-state index in [0.717, 1.165) is 40.9 Å². The Hall–Kier alpha value is -3.77. The number of carbonyl (C=O) groups excluding carboxylic acids is 1. The molecule has 0 saturated carbocycles. The maximum absolute atomic E-state index is 13.5. The van der Waals surface area contributed by atoms with Gasteiger partial charge in [0.2, 0.25) is 0 Å². The average Bonchev–Trinajstić information content (AvgIpc) is 3.65. The van der Waals surface area contributed by atoms with Gasteiger partial charge in [0.05, 0.1) is 22.3 Å². The van der Waals surface area contributed by atoms with Crippen molar-refractivity contribution in [1.82, 2.24) is 14.7 Å². The monoisotopic (exact) mass is 495 g/mol. The largest absolute Gasteiger partial charge is 0.337 e. The number of thiophene rings is 1. The van der Waals surface area contributed by atoms with Gasteiger partial charge in [0.1, 0.15) is 5.82 Å². The molecule has 1 atom stereocenters. The minimum Gasteiger partial charge on any atom is -0.337 e. The van der Waals surface area contributed by atoms with Crippen molar-refractivity contribution in [2.24, 2.45) is 0 Å². The summed E-state index contributed by atoms with van der Waals surface area (Å²) in [7, 11) is 0. The summed E-state index contributed by atoms with van der Waals surface area (Å²) in [5.74, 6) is -0.151. The average molecular weight is 496 g/mol. The van der Waals surface area contributed by atoms with Gasteiger partial charge in [-0.2, -0.15) is 5.10 Å². The zero-order valence-electron chi connectivity index (χ0n) is 20.0. The van der Waals surface area contributed by atoms with E-state index in [9.17, 15) is 9.18 Å². The van der Waals surface area contributed by atoms with Crippen LogP contribution in [0.25, 0.3) is 16.6 Å². The molecule has 0 aliphatic carbocycles. The second-order valence-electron chi connectivity index (χ2n) is 9.66.